The molecule has 0 heterocycles. The van der Waals surface area contributed by atoms with E-state index in [0.717, 1.165) is 12.1 Å². The highest BCUT2D eigenvalue weighted by Crippen LogP contribution is 2.13. The first-order chi connectivity index (χ1) is 15.7. The smallest absolute Gasteiger partial charge is 0.00930 e. The Morgan fingerprint density at radius 3 is 1.06 bits per heavy atom. The highest BCUT2D eigenvalue weighted by molar-refractivity contribution is 4.72. The van der Waals surface area contributed by atoms with Gasteiger partial charge in [0.2, 0.25) is 0 Å². The number of hydrogen-bond donors (Lipinski definition) is 2. The molecule has 0 fully saturated rings. The Balaban J connectivity index is 3.69. The van der Waals surface area contributed by atoms with E-state index in [1.807, 2.05) is 0 Å². The molecule has 0 rings (SSSR count). The van der Waals surface area contributed by atoms with Crippen molar-refractivity contribution in [3.05, 3.63) is 0 Å². The van der Waals surface area contributed by atoms with E-state index in [1.165, 1.54) is 129 Å². The predicted molar refractivity (Wildman–Crippen MR) is 146 cm³/mol. The van der Waals surface area contributed by atoms with Gasteiger partial charge < -0.3 is 20.4 Å². The zero-order chi connectivity index (χ0) is 23.9. The first-order valence-corrected chi connectivity index (χ1v) is 14.6. The van der Waals surface area contributed by atoms with Gasteiger partial charge in [-0.05, 0) is 129 Å². The van der Waals surface area contributed by atoms with Crippen LogP contribution in [-0.2, 0) is 0 Å². The summed E-state index contributed by atoms with van der Waals surface area (Å²) in [6.07, 6.45) is 15.6. The molecule has 0 amide bonds. The summed E-state index contributed by atoms with van der Waals surface area (Å²) in [5, 5.41) is 7.35. The third kappa shape index (κ3) is 16.5. The van der Waals surface area contributed by atoms with E-state index in [2.05, 4.69) is 62.0 Å². The van der Waals surface area contributed by atoms with Gasteiger partial charge in [0.15, 0.2) is 0 Å². The first kappa shape index (κ1) is 31.8. The molecule has 4 heteroatoms. The van der Waals surface area contributed by atoms with Crippen LogP contribution in [0.4, 0.5) is 0 Å². The maximum absolute atomic E-state index is 3.68. The second-order valence-electron chi connectivity index (χ2n) is 9.69. The van der Waals surface area contributed by atoms with E-state index in [0.29, 0.717) is 0 Å². The minimum Gasteiger partial charge on any atom is -0.317 e. The number of hydrogen-bond acceptors (Lipinski definition) is 4. The number of nitrogens with zero attached hydrogens (tertiary/aromatic N) is 2. The summed E-state index contributed by atoms with van der Waals surface area (Å²) in [5.41, 5.74) is 0. The van der Waals surface area contributed by atoms with Crippen LogP contribution in [-0.4, -0.2) is 74.2 Å². The van der Waals surface area contributed by atoms with Crippen LogP contribution in [0, 0.1) is 0 Å². The Labute approximate surface area is 203 Å². The molecule has 0 radical (unpaired) electrons. The molecule has 0 saturated carbocycles. The van der Waals surface area contributed by atoms with Crippen LogP contribution in [0.2, 0.25) is 0 Å². The van der Waals surface area contributed by atoms with Crippen molar-refractivity contribution in [3.63, 3.8) is 0 Å². The fourth-order valence-corrected chi connectivity index (χ4v) is 5.07. The van der Waals surface area contributed by atoms with Crippen molar-refractivity contribution in [2.24, 2.45) is 0 Å². The Morgan fingerprint density at radius 1 is 0.469 bits per heavy atom. The molecule has 0 aromatic rings. The molecular formula is C28H62N4. The molecule has 0 saturated heterocycles. The maximum atomic E-state index is 3.68. The highest BCUT2D eigenvalue weighted by Gasteiger charge is 2.15. The van der Waals surface area contributed by atoms with Crippen LogP contribution in [0.5, 0.6) is 0 Å². The van der Waals surface area contributed by atoms with E-state index >= 15 is 0 Å². The lowest BCUT2D eigenvalue weighted by molar-refractivity contribution is 0.179. The van der Waals surface area contributed by atoms with Gasteiger partial charge >= 0.3 is 0 Å². The second kappa shape index (κ2) is 24.0. The molecule has 0 aliphatic rings. The molecule has 0 bridgehead atoms. The van der Waals surface area contributed by atoms with Crippen molar-refractivity contribution in [2.75, 3.05) is 52.4 Å². The average molecular weight is 455 g/mol. The molecule has 4 nitrogen and oxygen atoms in total. The number of rotatable bonds is 25. The van der Waals surface area contributed by atoms with Crippen molar-refractivity contribution < 1.29 is 0 Å². The molecule has 2 N–H and O–H groups in total. The first-order valence-electron chi connectivity index (χ1n) is 14.6. The zero-order valence-electron chi connectivity index (χ0n) is 23.2. The Kier molecular flexibility index (Phi) is 23.9. The Bertz CT molecular complexity index is 317. The van der Waals surface area contributed by atoms with Crippen LogP contribution in [0.1, 0.15) is 119 Å². The summed E-state index contributed by atoms with van der Waals surface area (Å²) < 4.78 is 0. The third-order valence-electron chi connectivity index (χ3n) is 6.76. The minimum absolute atomic E-state index is 0.782. The molecule has 2 unspecified atom stereocenters. The molecule has 0 aromatic carbocycles. The second-order valence-corrected chi connectivity index (χ2v) is 9.69. The number of unbranched alkanes of at least 4 members (excludes halogenated alkanes) is 1. The molecule has 0 aromatic heterocycles. The van der Waals surface area contributed by atoms with Gasteiger partial charge in [-0.15, -0.1) is 0 Å². The van der Waals surface area contributed by atoms with Gasteiger partial charge in [-0.25, -0.2) is 0 Å². The van der Waals surface area contributed by atoms with Crippen molar-refractivity contribution in [1.29, 1.82) is 0 Å². The average Bonchev–Trinajstić information content (AvgIpc) is 2.79. The highest BCUT2D eigenvalue weighted by atomic mass is 15.2. The van der Waals surface area contributed by atoms with Crippen molar-refractivity contribution in [1.82, 2.24) is 20.4 Å². The molecule has 0 spiro atoms. The minimum atomic E-state index is 0.782. The lowest BCUT2D eigenvalue weighted by Crippen LogP contribution is -2.36. The van der Waals surface area contributed by atoms with E-state index in [9.17, 15) is 0 Å². The Morgan fingerprint density at radius 2 is 0.781 bits per heavy atom. The van der Waals surface area contributed by atoms with Crippen LogP contribution in [0.3, 0.4) is 0 Å². The van der Waals surface area contributed by atoms with Gasteiger partial charge in [-0.1, -0.05) is 41.5 Å². The summed E-state index contributed by atoms with van der Waals surface area (Å²) in [6, 6.07) is 1.56. The zero-order valence-corrected chi connectivity index (χ0v) is 23.2. The SMILES string of the molecule is CCCN(CCC)C(CC)CCCNCCCCNCCCC(CC)N(CCC)CCC. The monoisotopic (exact) mass is 454 g/mol. The summed E-state index contributed by atoms with van der Waals surface area (Å²) >= 11 is 0. The van der Waals surface area contributed by atoms with Crippen LogP contribution >= 0.6 is 0 Å². The summed E-state index contributed by atoms with van der Waals surface area (Å²) in [7, 11) is 0. The normalized spacial score (nSPS) is 13.9. The fraction of sp³-hybridized carbons (Fsp3) is 1.00. The lowest BCUT2D eigenvalue weighted by atomic mass is 10.1. The van der Waals surface area contributed by atoms with Crippen molar-refractivity contribution in [2.45, 2.75) is 131 Å². The standard InChI is InChI=1S/C28H62N4/c1-7-23-31(24-8-2)27(11-5)17-15-21-29-19-13-14-20-30-22-16-18-28(12-6)32(25-9-3)26-10-4/h27-30H,7-26H2,1-6H3. The van der Waals surface area contributed by atoms with E-state index in [1.54, 1.807) is 0 Å². The van der Waals surface area contributed by atoms with Gasteiger partial charge in [0.1, 0.15) is 0 Å². The van der Waals surface area contributed by atoms with Crippen LogP contribution < -0.4 is 10.6 Å². The molecule has 0 aliphatic heterocycles. The lowest BCUT2D eigenvalue weighted by Gasteiger charge is -2.30. The predicted octanol–water partition coefficient (Wildman–Crippen LogP) is 6.31. The van der Waals surface area contributed by atoms with E-state index in [4.69, 9.17) is 0 Å². The van der Waals surface area contributed by atoms with Crippen molar-refractivity contribution in [3.8, 4) is 0 Å². The molecular weight excluding hydrogens is 392 g/mol. The van der Waals surface area contributed by atoms with Crippen LogP contribution in [0.25, 0.3) is 0 Å². The summed E-state index contributed by atoms with van der Waals surface area (Å²) in [4.78, 5) is 5.44. The van der Waals surface area contributed by atoms with Gasteiger partial charge in [0, 0.05) is 12.1 Å². The van der Waals surface area contributed by atoms with Gasteiger partial charge in [0.05, 0.1) is 0 Å². The van der Waals surface area contributed by atoms with E-state index < -0.39 is 0 Å². The van der Waals surface area contributed by atoms with Gasteiger partial charge in [0.25, 0.3) is 0 Å². The van der Waals surface area contributed by atoms with Gasteiger partial charge in [-0.2, -0.15) is 0 Å². The fourth-order valence-electron chi connectivity index (χ4n) is 5.07. The largest absolute Gasteiger partial charge is 0.317 e. The quantitative estimate of drug-likeness (QED) is 0.158. The molecule has 194 valence electrons. The van der Waals surface area contributed by atoms with Crippen molar-refractivity contribution >= 4 is 0 Å². The summed E-state index contributed by atoms with van der Waals surface area (Å²) in [6.45, 7) is 23.7. The van der Waals surface area contributed by atoms with Gasteiger partial charge in [-0.3, -0.25) is 0 Å². The van der Waals surface area contributed by atoms with Crippen LogP contribution in [0.15, 0.2) is 0 Å². The molecule has 2 atom stereocenters. The van der Waals surface area contributed by atoms with E-state index in [-0.39, 0.29) is 0 Å². The summed E-state index contributed by atoms with van der Waals surface area (Å²) in [5.74, 6) is 0. The molecule has 32 heavy (non-hydrogen) atoms. The topological polar surface area (TPSA) is 30.5 Å². The third-order valence-corrected chi connectivity index (χ3v) is 6.76. The Hall–Kier alpha value is -0.160. The maximum Gasteiger partial charge on any atom is 0.00930 e. The number of nitrogens with one attached hydrogen (secondary N) is 2. The molecule has 0 aliphatic carbocycles.